The van der Waals surface area contributed by atoms with Crippen LogP contribution in [0, 0.1) is 10.1 Å². The second-order valence-electron chi connectivity index (χ2n) is 8.05. The predicted molar refractivity (Wildman–Crippen MR) is 122 cm³/mol. The number of piperidine rings is 1. The molecular formula is C22H26Cl2N4O2. The Morgan fingerprint density at radius 3 is 2.17 bits per heavy atom. The Bertz CT molecular complexity index is 877. The van der Waals surface area contributed by atoms with Crippen molar-refractivity contribution >= 4 is 34.6 Å². The summed E-state index contributed by atoms with van der Waals surface area (Å²) in [4.78, 5) is 18.3. The molecule has 2 aliphatic heterocycles. The molecule has 160 valence electrons. The number of nitro benzene ring substituents is 1. The van der Waals surface area contributed by atoms with Crippen LogP contribution in [-0.2, 0) is 6.54 Å². The van der Waals surface area contributed by atoms with Gasteiger partial charge in [0, 0.05) is 68.0 Å². The van der Waals surface area contributed by atoms with E-state index in [0.717, 1.165) is 63.7 Å². The minimum atomic E-state index is -0.340. The summed E-state index contributed by atoms with van der Waals surface area (Å²) < 4.78 is 0. The molecule has 0 atom stereocenters. The Morgan fingerprint density at radius 1 is 0.900 bits per heavy atom. The highest BCUT2D eigenvalue weighted by Crippen LogP contribution is 2.33. The third kappa shape index (κ3) is 5.06. The summed E-state index contributed by atoms with van der Waals surface area (Å²) in [6.45, 7) is 6.88. The summed E-state index contributed by atoms with van der Waals surface area (Å²) in [5.74, 6) is 0. The lowest BCUT2D eigenvalue weighted by Crippen LogP contribution is -2.53. The van der Waals surface area contributed by atoms with Gasteiger partial charge in [-0.3, -0.25) is 19.9 Å². The quantitative estimate of drug-likeness (QED) is 0.490. The molecule has 2 aliphatic rings. The number of hydrogen-bond donors (Lipinski definition) is 0. The fourth-order valence-corrected chi connectivity index (χ4v) is 4.81. The van der Waals surface area contributed by atoms with Gasteiger partial charge in [-0.15, -0.1) is 0 Å². The van der Waals surface area contributed by atoms with Crippen molar-refractivity contribution in [2.24, 2.45) is 0 Å². The molecule has 0 aliphatic carbocycles. The Morgan fingerprint density at radius 2 is 1.53 bits per heavy atom. The average Bonchev–Trinajstić information content (AvgIpc) is 2.76. The Hall–Kier alpha value is -1.86. The van der Waals surface area contributed by atoms with Crippen LogP contribution in [0.15, 0.2) is 42.5 Å². The number of nitro groups is 1. The van der Waals surface area contributed by atoms with Gasteiger partial charge in [0.15, 0.2) is 0 Å². The van der Waals surface area contributed by atoms with E-state index in [1.807, 2.05) is 12.1 Å². The molecule has 30 heavy (non-hydrogen) atoms. The van der Waals surface area contributed by atoms with Crippen molar-refractivity contribution in [1.82, 2.24) is 9.80 Å². The van der Waals surface area contributed by atoms with Crippen molar-refractivity contribution in [3.05, 3.63) is 68.2 Å². The lowest BCUT2D eigenvalue weighted by atomic mass is 10.0. The minimum Gasteiger partial charge on any atom is -0.366 e. The zero-order valence-corrected chi connectivity index (χ0v) is 18.4. The molecule has 6 nitrogen and oxygen atoms in total. The summed E-state index contributed by atoms with van der Waals surface area (Å²) in [7, 11) is 0. The molecule has 0 spiro atoms. The van der Waals surface area contributed by atoms with Crippen LogP contribution in [0.1, 0.15) is 18.4 Å². The van der Waals surface area contributed by atoms with Crippen LogP contribution in [0.5, 0.6) is 0 Å². The minimum absolute atomic E-state index is 0.0942. The van der Waals surface area contributed by atoms with E-state index >= 15 is 0 Å². The fraction of sp³-hybridized carbons (Fsp3) is 0.455. The number of nitrogens with zero attached hydrogens (tertiary/aromatic N) is 4. The van der Waals surface area contributed by atoms with Crippen LogP contribution >= 0.6 is 23.2 Å². The summed E-state index contributed by atoms with van der Waals surface area (Å²) >= 11 is 11.9. The van der Waals surface area contributed by atoms with Crippen LogP contribution in [0.25, 0.3) is 0 Å². The largest absolute Gasteiger partial charge is 0.366 e. The Labute approximate surface area is 187 Å². The second-order valence-corrected chi connectivity index (χ2v) is 8.92. The zero-order chi connectivity index (χ0) is 21.1. The van der Waals surface area contributed by atoms with Gasteiger partial charge < -0.3 is 4.90 Å². The number of piperazine rings is 1. The van der Waals surface area contributed by atoms with Gasteiger partial charge in [0.25, 0.3) is 5.69 Å². The number of rotatable bonds is 5. The molecule has 0 bridgehead atoms. The molecule has 4 rings (SSSR count). The van der Waals surface area contributed by atoms with E-state index in [2.05, 4.69) is 26.8 Å². The molecule has 2 aromatic carbocycles. The smallest absolute Gasteiger partial charge is 0.294 e. The maximum Gasteiger partial charge on any atom is 0.294 e. The highest BCUT2D eigenvalue weighted by molar-refractivity contribution is 6.31. The first-order valence-electron chi connectivity index (χ1n) is 10.4. The Kier molecular flexibility index (Phi) is 6.78. The topological polar surface area (TPSA) is 52.9 Å². The first-order valence-corrected chi connectivity index (χ1v) is 11.1. The predicted octanol–water partition coefficient (Wildman–Crippen LogP) is 4.69. The van der Waals surface area contributed by atoms with E-state index in [1.165, 1.54) is 11.6 Å². The van der Waals surface area contributed by atoms with E-state index in [0.29, 0.717) is 16.8 Å². The monoisotopic (exact) mass is 448 g/mol. The van der Waals surface area contributed by atoms with Crippen LogP contribution < -0.4 is 4.90 Å². The van der Waals surface area contributed by atoms with Crippen molar-refractivity contribution in [2.45, 2.75) is 25.4 Å². The molecular weight excluding hydrogens is 423 g/mol. The third-order valence-corrected chi connectivity index (χ3v) is 6.67. The van der Waals surface area contributed by atoms with Crippen molar-refractivity contribution in [2.75, 3.05) is 44.2 Å². The number of halogens is 2. The number of anilines is 1. The number of benzene rings is 2. The van der Waals surface area contributed by atoms with Gasteiger partial charge in [-0.25, -0.2) is 0 Å². The molecule has 2 aromatic rings. The molecule has 2 saturated heterocycles. The molecule has 0 amide bonds. The van der Waals surface area contributed by atoms with Crippen molar-refractivity contribution in [3.8, 4) is 0 Å². The van der Waals surface area contributed by atoms with Gasteiger partial charge in [0.1, 0.15) is 5.69 Å². The molecule has 0 saturated carbocycles. The van der Waals surface area contributed by atoms with Gasteiger partial charge >= 0.3 is 0 Å². The van der Waals surface area contributed by atoms with Crippen molar-refractivity contribution in [1.29, 1.82) is 0 Å². The summed E-state index contributed by atoms with van der Waals surface area (Å²) in [6, 6.07) is 13.6. The molecule has 8 heteroatoms. The highest BCUT2D eigenvalue weighted by Gasteiger charge is 2.29. The summed E-state index contributed by atoms with van der Waals surface area (Å²) in [6.07, 6.45) is 2.05. The van der Waals surface area contributed by atoms with Crippen molar-refractivity contribution < 1.29 is 4.92 Å². The highest BCUT2D eigenvalue weighted by atomic mass is 35.5. The maximum atomic E-state index is 11.4. The van der Waals surface area contributed by atoms with Crippen LogP contribution in [0.3, 0.4) is 0 Å². The van der Waals surface area contributed by atoms with Gasteiger partial charge in [-0.05, 0) is 42.7 Å². The second kappa shape index (κ2) is 9.52. The van der Waals surface area contributed by atoms with E-state index < -0.39 is 0 Å². The molecule has 0 unspecified atom stereocenters. The lowest BCUT2D eigenvalue weighted by molar-refractivity contribution is -0.384. The van der Waals surface area contributed by atoms with Crippen LogP contribution in [-0.4, -0.2) is 60.0 Å². The molecule has 2 heterocycles. The number of hydrogen-bond acceptors (Lipinski definition) is 5. The molecule has 2 fully saturated rings. The van der Waals surface area contributed by atoms with Crippen LogP contribution in [0.2, 0.25) is 10.0 Å². The van der Waals surface area contributed by atoms with E-state index in [1.54, 1.807) is 12.1 Å². The van der Waals surface area contributed by atoms with Gasteiger partial charge in [-0.2, -0.15) is 0 Å². The van der Waals surface area contributed by atoms with Gasteiger partial charge in [0.05, 0.1) is 4.92 Å². The maximum absolute atomic E-state index is 11.4. The van der Waals surface area contributed by atoms with Gasteiger partial charge in [0.2, 0.25) is 0 Å². The standard InChI is InChI=1S/C22H26Cl2N4O2/c23-18-3-1-17(2-4-18)16-25-11-13-26(14-12-25)20-7-9-27(10-8-20)21-6-5-19(24)15-22(21)28(29)30/h1-6,15,20H,7-14,16H2. The first kappa shape index (κ1) is 21.4. The lowest BCUT2D eigenvalue weighted by Gasteiger charge is -2.43. The third-order valence-electron chi connectivity index (χ3n) is 6.18. The molecule has 0 radical (unpaired) electrons. The average molecular weight is 449 g/mol. The SMILES string of the molecule is O=[N+]([O-])c1cc(Cl)ccc1N1CCC(N2CCN(Cc3ccc(Cl)cc3)CC2)CC1. The fourth-order valence-electron chi connectivity index (χ4n) is 4.52. The van der Waals surface area contributed by atoms with E-state index in [9.17, 15) is 10.1 Å². The zero-order valence-electron chi connectivity index (χ0n) is 16.8. The first-order chi connectivity index (χ1) is 14.5. The van der Waals surface area contributed by atoms with E-state index in [4.69, 9.17) is 23.2 Å². The molecule has 0 aromatic heterocycles. The molecule has 0 N–H and O–H groups in total. The van der Waals surface area contributed by atoms with Crippen LogP contribution in [0.4, 0.5) is 11.4 Å². The van der Waals surface area contributed by atoms with Crippen molar-refractivity contribution in [3.63, 3.8) is 0 Å². The van der Waals surface area contributed by atoms with E-state index in [-0.39, 0.29) is 10.6 Å². The summed E-state index contributed by atoms with van der Waals surface area (Å²) in [5.41, 5.74) is 2.07. The summed E-state index contributed by atoms with van der Waals surface area (Å²) in [5, 5.41) is 12.6. The van der Waals surface area contributed by atoms with Gasteiger partial charge in [-0.1, -0.05) is 35.3 Å². The normalized spacial score (nSPS) is 19.2. The Balaban J connectivity index is 1.28.